The maximum absolute atomic E-state index is 12.1. The molecule has 1 aliphatic carbocycles. The van der Waals surface area contributed by atoms with Crippen molar-refractivity contribution >= 4 is 17.5 Å². The molecule has 0 radical (unpaired) electrons. The molecule has 1 saturated carbocycles. The lowest BCUT2D eigenvalue weighted by Crippen LogP contribution is -2.33. The van der Waals surface area contributed by atoms with Crippen LogP contribution < -0.4 is 10.6 Å². The van der Waals surface area contributed by atoms with Crippen molar-refractivity contribution in [2.75, 3.05) is 11.9 Å². The molecule has 8 heteroatoms. The maximum atomic E-state index is 12.1. The van der Waals surface area contributed by atoms with Crippen molar-refractivity contribution in [3.05, 3.63) is 71.8 Å². The molecule has 1 aliphatic heterocycles. The Morgan fingerprint density at radius 3 is 2.74 bits per heavy atom. The van der Waals surface area contributed by atoms with E-state index in [2.05, 4.69) is 45.4 Å². The van der Waals surface area contributed by atoms with Crippen molar-refractivity contribution in [3.63, 3.8) is 0 Å². The van der Waals surface area contributed by atoms with E-state index in [-0.39, 0.29) is 11.8 Å². The quantitative estimate of drug-likeness (QED) is 0.445. The van der Waals surface area contributed by atoms with Gasteiger partial charge in [0.15, 0.2) is 5.82 Å². The van der Waals surface area contributed by atoms with Crippen LogP contribution in [-0.4, -0.2) is 36.8 Å². The topological polar surface area (TPSA) is 89.7 Å². The number of hydrogen-bond acceptors (Lipinski definition) is 5. The molecule has 172 valence electrons. The molecule has 34 heavy (non-hydrogen) atoms. The van der Waals surface area contributed by atoms with Gasteiger partial charge in [-0.2, -0.15) is 4.98 Å². The van der Waals surface area contributed by atoms with Gasteiger partial charge in [-0.1, -0.05) is 6.92 Å². The van der Waals surface area contributed by atoms with Crippen molar-refractivity contribution in [3.8, 4) is 17.1 Å². The standard InChI is InChI=1S/C26H27N7O/c1-3-33-26(29-19-8-11-21-22(12-19)16(2)13-27-25(21)34)30-24(31-33)18-6-9-20(10-7-18)32-14-23(28-15-32)17-4-5-17/h6-12,14-17H,3-5,13H2,1-2H3,(H,27,34)(H,29,30,31). The Bertz CT molecular complexity index is 1360. The minimum Gasteiger partial charge on any atom is -0.351 e. The van der Waals surface area contributed by atoms with Gasteiger partial charge >= 0.3 is 0 Å². The summed E-state index contributed by atoms with van der Waals surface area (Å²) < 4.78 is 3.93. The number of nitrogens with zero attached hydrogens (tertiary/aromatic N) is 5. The highest BCUT2D eigenvalue weighted by Crippen LogP contribution is 2.39. The lowest BCUT2D eigenvalue weighted by atomic mass is 9.91. The molecule has 2 aromatic carbocycles. The highest BCUT2D eigenvalue weighted by Gasteiger charge is 2.26. The number of hydrogen-bond donors (Lipinski definition) is 2. The Hall–Kier alpha value is -3.94. The number of amides is 1. The normalized spacial score (nSPS) is 17.4. The van der Waals surface area contributed by atoms with Crippen LogP contribution in [0.1, 0.15) is 60.1 Å². The number of nitrogens with one attached hydrogen (secondary N) is 2. The largest absolute Gasteiger partial charge is 0.351 e. The summed E-state index contributed by atoms with van der Waals surface area (Å²) in [7, 11) is 0. The predicted octanol–water partition coefficient (Wildman–Crippen LogP) is 4.62. The van der Waals surface area contributed by atoms with E-state index in [9.17, 15) is 4.79 Å². The first-order valence-corrected chi connectivity index (χ1v) is 11.9. The van der Waals surface area contributed by atoms with E-state index in [4.69, 9.17) is 10.1 Å². The summed E-state index contributed by atoms with van der Waals surface area (Å²) in [5.74, 6) is 2.25. The van der Waals surface area contributed by atoms with Crippen molar-refractivity contribution in [2.24, 2.45) is 0 Å². The molecule has 1 fully saturated rings. The zero-order valence-corrected chi connectivity index (χ0v) is 19.3. The smallest absolute Gasteiger partial charge is 0.251 e. The molecule has 2 N–H and O–H groups in total. The molecule has 6 rings (SSSR count). The Morgan fingerprint density at radius 2 is 1.97 bits per heavy atom. The Balaban J connectivity index is 1.24. The summed E-state index contributed by atoms with van der Waals surface area (Å²) >= 11 is 0. The third kappa shape index (κ3) is 3.75. The molecule has 4 aromatic rings. The first kappa shape index (κ1) is 20.7. The number of carbonyl (C=O) groups is 1. The zero-order valence-electron chi connectivity index (χ0n) is 19.3. The number of anilines is 2. The van der Waals surface area contributed by atoms with E-state index in [0.29, 0.717) is 30.8 Å². The fourth-order valence-electron chi connectivity index (χ4n) is 4.46. The minimum atomic E-state index is -0.0124. The molecule has 0 bridgehead atoms. The predicted molar refractivity (Wildman–Crippen MR) is 131 cm³/mol. The monoisotopic (exact) mass is 453 g/mol. The van der Waals surface area contributed by atoms with Gasteiger partial charge in [-0.15, -0.1) is 5.10 Å². The highest BCUT2D eigenvalue weighted by molar-refractivity contribution is 5.97. The summed E-state index contributed by atoms with van der Waals surface area (Å²) in [4.78, 5) is 21.5. The van der Waals surface area contributed by atoms with Gasteiger partial charge in [0.1, 0.15) is 0 Å². The lowest BCUT2D eigenvalue weighted by Gasteiger charge is -2.23. The molecule has 3 heterocycles. The van der Waals surface area contributed by atoms with E-state index in [0.717, 1.165) is 28.1 Å². The van der Waals surface area contributed by atoms with E-state index >= 15 is 0 Å². The number of rotatable bonds is 6. The Labute approximate surface area is 198 Å². The second-order valence-electron chi connectivity index (χ2n) is 9.14. The molecule has 2 aliphatic rings. The molecule has 2 aromatic heterocycles. The molecular formula is C26H27N7O. The van der Waals surface area contributed by atoms with Crippen LogP contribution in [0.4, 0.5) is 11.6 Å². The van der Waals surface area contributed by atoms with Crippen LogP contribution in [0.5, 0.6) is 0 Å². The van der Waals surface area contributed by atoms with Gasteiger partial charge in [0, 0.05) is 47.7 Å². The molecule has 1 atom stereocenters. The van der Waals surface area contributed by atoms with Crippen LogP contribution in [0, 0.1) is 0 Å². The molecule has 1 unspecified atom stereocenters. The second-order valence-corrected chi connectivity index (χ2v) is 9.14. The number of imidazole rings is 1. The zero-order chi connectivity index (χ0) is 23.2. The van der Waals surface area contributed by atoms with Crippen molar-refractivity contribution in [2.45, 2.75) is 45.1 Å². The first-order valence-electron chi connectivity index (χ1n) is 11.9. The number of aryl methyl sites for hydroxylation is 1. The number of aromatic nitrogens is 5. The minimum absolute atomic E-state index is 0.0124. The number of carbonyl (C=O) groups excluding carboxylic acids is 1. The van der Waals surface area contributed by atoms with Crippen LogP contribution in [0.15, 0.2) is 55.0 Å². The van der Waals surface area contributed by atoms with E-state index < -0.39 is 0 Å². The Morgan fingerprint density at radius 1 is 1.15 bits per heavy atom. The van der Waals surface area contributed by atoms with Crippen LogP contribution >= 0.6 is 0 Å². The third-order valence-corrected chi connectivity index (χ3v) is 6.65. The summed E-state index contributed by atoms with van der Waals surface area (Å²) in [6.07, 6.45) is 6.51. The maximum Gasteiger partial charge on any atom is 0.251 e. The summed E-state index contributed by atoms with van der Waals surface area (Å²) in [5.41, 5.74) is 5.90. The van der Waals surface area contributed by atoms with Gasteiger partial charge in [-0.3, -0.25) is 4.79 Å². The van der Waals surface area contributed by atoms with Crippen molar-refractivity contribution < 1.29 is 4.79 Å². The fraction of sp³-hybridized carbons (Fsp3) is 0.308. The molecular weight excluding hydrogens is 426 g/mol. The number of fused-ring (bicyclic) bond motifs is 1. The highest BCUT2D eigenvalue weighted by atomic mass is 16.1. The Kier molecular flexibility index (Phi) is 4.94. The van der Waals surface area contributed by atoms with Gasteiger partial charge in [-0.25, -0.2) is 9.67 Å². The number of benzene rings is 2. The molecule has 8 nitrogen and oxygen atoms in total. The first-order chi connectivity index (χ1) is 16.6. The third-order valence-electron chi connectivity index (χ3n) is 6.65. The van der Waals surface area contributed by atoms with Crippen molar-refractivity contribution in [1.29, 1.82) is 0 Å². The summed E-state index contributed by atoms with van der Waals surface area (Å²) in [5, 5.41) is 11.0. The summed E-state index contributed by atoms with van der Waals surface area (Å²) in [6, 6.07) is 14.1. The van der Waals surface area contributed by atoms with Gasteiger partial charge in [0.05, 0.1) is 12.0 Å². The van der Waals surface area contributed by atoms with Gasteiger partial charge in [-0.05, 0) is 73.7 Å². The SMILES string of the molecule is CCn1nc(-c2ccc(-n3cnc(C4CC4)c3)cc2)nc1Nc1ccc2c(c1)C(C)CNC2=O. The second kappa shape index (κ2) is 8.13. The molecule has 1 amide bonds. The van der Waals surface area contributed by atoms with Crippen LogP contribution in [0.3, 0.4) is 0 Å². The van der Waals surface area contributed by atoms with Crippen LogP contribution in [0.2, 0.25) is 0 Å². The molecule has 0 saturated heterocycles. The summed E-state index contributed by atoms with van der Waals surface area (Å²) in [6.45, 7) is 5.51. The van der Waals surface area contributed by atoms with E-state index in [1.165, 1.54) is 18.5 Å². The van der Waals surface area contributed by atoms with Gasteiger partial charge < -0.3 is 15.2 Å². The average Bonchev–Trinajstić information content (AvgIpc) is 3.45. The van der Waals surface area contributed by atoms with Gasteiger partial charge in [0.25, 0.3) is 5.91 Å². The lowest BCUT2D eigenvalue weighted by molar-refractivity contribution is 0.0941. The average molecular weight is 454 g/mol. The van der Waals surface area contributed by atoms with Crippen molar-refractivity contribution in [1.82, 2.24) is 29.6 Å². The van der Waals surface area contributed by atoms with Crippen LogP contribution in [-0.2, 0) is 6.54 Å². The van der Waals surface area contributed by atoms with E-state index in [1.54, 1.807) is 0 Å². The van der Waals surface area contributed by atoms with E-state index in [1.807, 2.05) is 48.3 Å². The fourth-order valence-corrected chi connectivity index (χ4v) is 4.46. The van der Waals surface area contributed by atoms with Gasteiger partial charge in [0.2, 0.25) is 5.95 Å². The van der Waals surface area contributed by atoms with Crippen LogP contribution in [0.25, 0.3) is 17.1 Å². The molecule has 0 spiro atoms.